The number of rotatable bonds is 2. The zero-order valence-electron chi connectivity index (χ0n) is 8.33. The van der Waals surface area contributed by atoms with Gasteiger partial charge in [-0.05, 0) is 6.07 Å². The van der Waals surface area contributed by atoms with Crippen LogP contribution >= 0.6 is 0 Å². The second kappa shape index (κ2) is 3.70. The third-order valence-corrected chi connectivity index (χ3v) is 2.21. The van der Waals surface area contributed by atoms with Crippen LogP contribution in [-0.4, -0.2) is 19.9 Å². The fourth-order valence-electron chi connectivity index (χ4n) is 1.42. The minimum atomic E-state index is -0.771. The van der Waals surface area contributed by atoms with Gasteiger partial charge in [0, 0.05) is 30.6 Å². The summed E-state index contributed by atoms with van der Waals surface area (Å²) in [6.45, 7) is 0. The zero-order valence-corrected chi connectivity index (χ0v) is 8.33. The van der Waals surface area contributed by atoms with Crippen molar-refractivity contribution < 1.29 is 5.11 Å². The molecule has 0 aliphatic rings. The van der Waals surface area contributed by atoms with E-state index in [9.17, 15) is 5.11 Å². The maximum atomic E-state index is 10.0. The number of hydrogen-bond acceptors (Lipinski definition) is 4. The summed E-state index contributed by atoms with van der Waals surface area (Å²) in [5.41, 5.74) is 6.98. The monoisotopic (exact) mass is 204 g/mol. The summed E-state index contributed by atoms with van der Waals surface area (Å²) in [7, 11) is 1.79. The fraction of sp³-hybridized carbons (Fsp3) is 0.200. The second-order valence-corrected chi connectivity index (χ2v) is 3.33. The number of aliphatic hydroxyl groups excluding tert-OH is 1. The lowest BCUT2D eigenvalue weighted by molar-refractivity contribution is 0.220. The summed E-state index contributed by atoms with van der Waals surface area (Å²) < 4.78 is 1.63. The van der Waals surface area contributed by atoms with Crippen molar-refractivity contribution in [2.24, 2.45) is 7.05 Å². The Hall–Kier alpha value is -1.88. The predicted octanol–water partition coefficient (Wildman–Crippen LogP) is 0.479. The van der Waals surface area contributed by atoms with Crippen molar-refractivity contribution in [1.29, 1.82) is 0 Å². The maximum Gasteiger partial charge on any atom is 0.129 e. The summed E-state index contributed by atoms with van der Waals surface area (Å²) in [4.78, 5) is 3.92. The lowest BCUT2D eigenvalue weighted by Crippen LogP contribution is -2.04. The van der Waals surface area contributed by atoms with Crippen LogP contribution < -0.4 is 5.73 Å². The van der Waals surface area contributed by atoms with E-state index >= 15 is 0 Å². The van der Waals surface area contributed by atoms with Crippen molar-refractivity contribution in [3.63, 3.8) is 0 Å². The molecule has 0 saturated heterocycles. The first-order chi connectivity index (χ1) is 7.18. The molecule has 78 valence electrons. The Morgan fingerprint density at radius 2 is 2.33 bits per heavy atom. The van der Waals surface area contributed by atoms with E-state index in [1.807, 2.05) is 0 Å². The number of aryl methyl sites for hydroxylation is 1. The summed E-state index contributed by atoms with van der Waals surface area (Å²) in [5.74, 6) is 0.342. The average molecular weight is 204 g/mol. The number of anilines is 1. The smallest absolute Gasteiger partial charge is 0.129 e. The summed E-state index contributed by atoms with van der Waals surface area (Å²) in [6, 6.07) is 3.49. The third kappa shape index (κ3) is 1.82. The van der Waals surface area contributed by atoms with E-state index in [-0.39, 0.29) is 0 Å². The van der Waals surface area contributed by atoms with Crippen LogP contribution in [0, 0.1) is 0 Å². The molecular weight excluding hydrogens is 192 g/mol. The van der Waals surface area contributed by atoms with E-state index in [2.05, 4.69) is 10.1 Å². The number of hydrogen-bond donors (Lipinski definition) is 2. The molecule has 5 nitrogen and oxygen atoms in total. The Morgan fingerprint density at radius 1 is 1.53 bits per heavy atom. The van der Waals surface area contributed by atoms with Crippen molar-refractivity contribution in [3.05, 3.63) is 41.9 Å². The van der Waals surface area contributed by atoms with Gasteiger partial charge in [-0.2, -0.15) is 5.10 Å². The third-order valence-electron chi connectivity index (χ3n) is 2.21. The number of aliphatic hydroxyl groups is 1. The van der Waals surface area contributed by atoms with Gasteiger partial charge in [-0.25, -0.2) is 4.98 Å². The molecule has 0 amide bonds. The number of nitrogen functional groups attached to an aromatic ring is 1. The van der Waals surface area contributed by atoms with Crippen molar-refractivity contribution in [2.75, 3.05) is 5.73 Å². The topological polar surface area (TPSA) is 77.0 Å². The predicted molar refractivity (Wildman–Crippen MR) is 55.9 cm³/mol. The average Bonchev–Trinajstić information content (AvgIpc) is 2.65. The molecule has 15 heavy (non-hydrogen) atoms. The van der Waals surface area contributed by atoms with E-state index in [0.717, 1.165) is 0 Å². The minimum absolute atomic E-state index is 0.342. The summed E-state index contributed by atoms with van der Waals surface area (Å²) >= 11 is 0. The highest BCUT2D eigenvalue weighted by atomic mass is 16.3. The number of nitrogens with zero attached hydrogens (tertiary/aromatic N) is 3. The fourth-order valence-corrected chi connectivity index (χ4v) is 1.42. The summed E-state index contributed by atoms with van der Waals surface area (Å²) in [6.07, 6.45) is 4.18. The zero-order chi connectivity index (χ0) is 10.8. The molecule has 5 heteroatoms. The molecular formula is C10H12N4O. The SMILES string of the molecule is Cn1cc(C(O)c2cccnc2N)cn1. The summed E-state index contributed by atoms with van der Waals surface area (Å²) in [5, 5.41) is 14.0. The van der Waals surface area contributed by atoms with Gasteiger partial charge in [0.15, 0.2) is 0 Å². The molecule has 0 aromatic carbocycles. The molecule has 1 unspecified atom stereocenters. The van der Waals surface area contributed by atoms with E-state index in [1.165, 1.54) is 0 Å². The molecule has 0 bridgehead atoms. The highest BCUT2D eigenvalue weighted by Gasteiger charge is 2.14. The molecule has 1 atom stereocenters. The Morgan fingerprint density at radius 3 is 2.93 bits per heavy atom. The Bertz CT molecular complexity index is 466. The van der Waals surface area contributed by atoms with Gasteiger partial charge >= 0.3 is 0 Å². The molecule has 0 fully saturated rings. The number of nitrogens with two attached hydrogens (primary N) is 1. The van der Waals surface area contributed by atoms with Gasteiger partial charge in [0.2, 0.25) is 0 Å². The maximum absolute atomic E-state index is 10.0. The molecule has 2 aromatic heterocycles. The number of aromatic nitrogens is 3. The first-order valence-corrected chi connectivity index (χ1v) is 4.55. The molecule has 0 aliphatic heterocycles. The highest BCUT2D eigenvalue weighted by molar-refractivity contribution is 5.43. The van der Waals surface area contributed by atoms with Gasteiger partial charge < -0.3 is 10.8 Å². The van der Waals surface area contributed by atoms with Crippen LogP contribution in [0.5, 0.6) is 0 Å². The van der Waals surface area contributed by atoms with E-state index in [0.29, 0.717) is 16.9 Å². The largest absolute Gasteiger partial charge is 0.383 e. The van der Waals surface area contributed by atoms with Gasteiger partial charge in [-0.1, -0.05) is 6.07 Å². The number of pyridine rings is 1. The van der Waals surface area contributed by atoms with Crippen LogP contribution in [0.25, 0.3) is 0 Å². The molecule has 0 radical (unpaired) electrons. The normalized spacial score (nSPS) is 12.7. The standard InChI is InChI=1S/C10H12N4O/c1-14-6-7(5-13-14)9(15)8-3-2-4-12-10(8)11/h2-6,9,15H,1H3,(H2,11,12). The van der Waals surface area contributed by atoms with E-state index in [4.69, 9.17) is 5.73 Å². The first-order valence-electron chi connectivity index (χ1n) is 4.55. The van der Waals surface area contributed by atoms with Crippen molar-refractivity contribution in [3.8, 4) is 0 Å². The lowest BCUT2D eigenvalue weighted by atomic mass is 10.1. The lowest BCUT2D eigenvalue weighted by Gasteiger charge is -2.10. The van der Waals surface area contributed by atoms with Crippen LogP contribution in [0.15, 0.2) is 30.7 Å². The van der Waals surface area contributed by atoms with Gasteiger partial charge in [-0.3, -0.25) is 4.68 Å². The minimum Gasteiger partial charge on any atom is -0.383 e. The van der Waals surface area contributed by atoms with Crippen LogP contribution in [-0.2, 0) is 7.05 Å². The molecule has 0 aliphatic carbocycles. The Balaban J connectivity index is 2.36. The Labute approximate surface area is 87.2 Å². The van der Waals surface area contributed by atoms with Crippen LogP contribution in [0.1, 0.15) is 17.2 Å². The first kappa shape index (κ1) is 9.67. The van der Waals surface area contributed by atoms with Crippen molar-refractivity contribution >= 4 is 5.82 Å². The van der Waals surface area contributed by atoms with E-state index in [1.54, 1.807) is 42.5 Å². The Kier molecular flexibility index (Phi) is 2.39. The molecule has 2 aromatic rings. The van der Waals surface area contributed by atoms with Crippen molar-refractivity contribution in [1.82, 2.24) is 14.8 Å². The second-order valence-electron chi connectivity index (χ2n) is 3.33. The van der Waals surface area contributed by atoms with Gasteiger partial charge in [0.25, 0.3) is 0 Å². The van der Waals surface area contributed by atoms with Crippen LogP contribution in [0.2, 0.25) is 0 Å². The van der Waals surface area contributed by atoms with Crippen LogP contribution in [0.4, 0.5) is 5.82 Å². The molecule has 0 saturated carbocycles. The quantitative estimate of drug-likeness (QED) is 0.745. The van der Waals surface area contributed by atoms with Gasteiger partial charge in [0.05, 0.1) is 6.20 Å². The van der Waals surface area contributed by atoms with E-state index < -0.39 is 6.10 Å². The molecule has 0 spiro atoms. The highest BCUT2D eigenvalue weighted by Crippen LogP contribution is 2.24. The van der Waals surface area contributed by atoms with Gasteiger partial charge in [0.1, 0.15) is 11.9 Å². The van der Waals surface area contributed by atoms with Crippen LogP contribution in [0.3, 0.4) is 0 Å². The molecule has 2 heterocycles. The van der Waals surface area contributed by atoms with Gasteiger partial charge in [-0.15, -0.1) is 0 Å². The van der Waals surface area contributed by atoms with Crippen molar-refractivity contribution in [2.45, 2.75) is 6.10 Å². The molecule has 2 rings (SSSR count). The molecule has 3 N–H and O–H groups in total.